The highest BCUT2D eigenvalue weighted by Crippen LogP contribution is 2.27. The van der Waals surface area contributed by atoms with Gasteiger partial charge in [-0.25, -0.2) is 4.98 Å². The van der Waals surface area contributed by atoms with Crippen molar-refractivity contribution in [3.05, 3.63) is 41.1 Å². The van der Waals surface area contributed by atoms with Gasteiger partial charge in [0.15, 0.2) is 11.7 Å². The number of ether oxygens (including phenoxy) is 1. The van der Waals surface area contributed by atoms with E-state index < -0.39 is 0 Å². The van der Waals surface area contributed by atoms with Gasteiger partial charge in [-0.3, -0.25) is 0 Å². The average molecular weight is 239 g/mol. The molecule has 0 saturated heterocycles. The lowest BCUT2D eigenvalue weighted by Crippen LogP contribution is -1.95. The summed E-state index contributed by atoms with van der Waals surface area (Å²) in [7, 11) is 0. The van der Waals surface area contributed by atoms with Gasteiger partial charge in [-0.1, -0.05) is 11.6 Å². The van der Waals surface area contributed by atoms with Crippen molar-refractivity contribution in [3.8, 4) is 5.75 Å². The van der Waals surface area contributed by atoms with E-state index in [1.165, 1.54) is 0 Å². The Bertz CT molecular complexity index is 496. The van der Waals surface area contributed by atoms with Gasteiger partial charge < -0.3 is 14.9 Å². The molecule has 2 rings (SSSR count). The minimum Gasteiger partial charge on any atom is -0.484 e. The second-order valence-corrected chi connectivity index (χ2v) is 3.73. The number of nitrogens with zero attached hydrogens (tertiary/aromatic N) is 1. The van der Waals surface area contributed by atoms with Crippen molar-refractivity contribution in [3.63, 3.8) is 0 Å². The first kappa shape index (κ1) is 10.8. The Morgan fingerprint density at radius 2 is 2.31 bits per heavy atom. The lowest BCUT2D eigenvalue weighted by atomic mass is 10.3. The Hall–Kier alpha value is -1.68. The largest absolute Gasteiger partial charge is 0.484 e. The maximum absolute atomic E-state index is 5.95. The van der Waals surface area contributed by atoms with Gasteiger partial charge in [-0.2, -0.15) is 0 Å². The van der Waals surface area contributed by atoms with Crippen LogP contribution in [-0.4, -0.2) is 4.98 Å². The van der Waals surface area contributed by atoms with Crippen molar-refractivity contribution in [1.82, 2.24) is 4.98 Å². The fourth-order valence-corrected chi connectivity index (χ4v) is 1.50. The first-order chi connectivity index (χ1) is 7.65. The highest BCUT2D eigenvalue weighted by molar-refractivity contribution is 6.32. The molecule has 1 aromatic carbocycles. The Balaban J connectivity index is 2.04. The number of hydrogen-bond donors (Lipinski definition) is 1. The molecule has 84 valence electrons. The van der Waals surface area contributed by atoms with Crippen LogP contribution in [0.5, 0.6) is 5.75 Å². The topological polar surface area (TPSA) is 61.3 Å². The predicted molar refractivity (Wildman–Crippen MR) is 61.4 cm³/mol. The molecular formula is C11H11ClN2O2. The number of benzene rings is 1. The second kappa shape index (κ2) is 4.45. The molecule has 0 saturated carbocycles. The molecule has 0 fully saturated rings. The van der Waals surface area contributed by atoms with Gasteiger partial charge in [0.2, 0.25) is 0 Å². The molecule has 4 nitrogen and oxygen atoms in total. The molecular weight excluding hydrogens is 228 g/mol. The molecule has 2 aromatic rings. The van der Waals surface area contributed by atoms with Crippen LogP contribution >= 0.6 is 11.6 Å². The van der Waals surface area contributed by atoms with Crippen LogP contribution in [0.15, 0.2) is 28.8 Å². The molecule has 0 aliphatic heterocycles. The molecule has 0 radical (unpaired) electrons. The van der Waals surface area contributed by atoms with E-state index in [4.69, 9.17) is 26.5 Å². The van der Waals surface area contributed by atoms with E-state index in [9.17, 15) is 0 Å². The van der Waals surface area contributed by atoms with Gasteiger partial charge in [0, 0.05) is 12.6 Å². The van der Waals surface area contributed by atoms with Gasteiger partial charge in [0.25, 0.3) is 0 Å². The Morgan fingerprint density at radius 3 is 2.94 bits per heavy atom. The van der Waals surface area contributed by atoms with Crippen LogP contribution in [0.3, 0.4) is 0 Å². The number of rotatable bonds is 3. The van der Waals surface area contributed by atoms with E-state index >= 15 is 0 Å². The van der Waals surface area contributed by atoms with Crippen LogP contribution in [-0.2, 0) is 6.61 Å². The monoisotopic (exact) mass is 238 g/mol. The van der Waals surface area contributed by atoms with Gasteiger partial charge in [0.1, 0.15) is 12.4 Å². The maximum Gasteiger partial charge on any atom is 0.191 e. The quantitative estimate of drug-likeness (QED) is 0.836. The van der Waals surface area contributed by atoms with E-state index in [1.54, 1.807) is 31.3 Å². The highest BCUT2D eigenvalue weighted by Gasteiger charge is 2.04. The van der Waals surface area contributed by atoms with E-state index in [2.05, 4.69) is 4.98 Å². The molecule has 2 N–H and O–H groups in total. The number of nitrogen functional groups attached to an aromatic ring is 1. The maximum atomic E-state index is 5.95. The zero-order chi connectivity index (χ0) is 11.5. The number of oxazole rings is 1. The van der Waals surface area contributed by atoms with E-state index in [0.717, 1.165) is 0 Å². The lowest BCUT2D eigenvalue weighted by molar-refractivity contribution is 0.267. The third-order valence-corrected chi connectivity index (χ3v) is 2.29. The molecule has 0 unspecified atom stereocenters. The Morgan fingerprint density at radius 1 is 1.50 bits per heavy atom. The number of halogens is 1. The summed E-state index contributed by atoms with van der Waals surface area (Å²) >= 11 is 5.95. The molecule has 0 aliphatic rings. The normalized spacial score (nSPS) is 10.4. The zero-order valence-electron chi connectivity index (χ0n) is 8.74. The summed E-state index contributed by atoms with van der Waals surface area (Å²) in [5.74, 6) is 1.84. The SMILES string of the molecule is Cc1ncc(COc2ccc(N)cc2Cl)o1. The molecule has 0 amide bonds. The summed E-state index contributed by atoms with van der Waals surface area (Å²) in [6.45, 7) is 2.07. The molecule has 0 atom stereocenters. The fraction of sp³-hybridized carbons (Fsp3) is 0.182. The van der Waals surface area contributed by atoms with E-state index in [-0.39, 0.29) is 0 Å². The molecule has 5 heteroatoms. The summed E-state index contributed by atoms with van der Waals surface area (Å²) in [4.78, 5) is 3.97. The molecule has 1 heterocycles. The Labute approximate surface area is 98.0 Å². The standard InChI is InChI=1S/C11H11ClN2O2/c1-7-14-5-9(16-7)6-15-11-3-2-8(13)4-10(11)12/h2-5H,6,13H2,1H3. The highest BCUT2D eigenvalue weighted by atomic mass is 35.5. The van der Waals surface area contributed by atoms with Crippen molar-refractivity contribution >= 4 is 17.3 Å². The van der Waals surface area contributed by atoms with Gasteiger partial charge >= 0.3 is 0 Å². The van der Waals surface area contributed by atoms with Crippen molar-refractivity contribution in [2.45, 2.75) is 13.5 Å². The molecule has 0 aliphatic carbocycles. The number of aryl methyl sites for hydroxylation is 1. The number of aromatic nitrogens is 1. The van der Waals surface area contributed by atoms with Gasteiger partial charge in [-0.15, -0.1) is 0 Å². The smallest absolute Gasteiger partial charge is 0.191 e. The van der Waals surface area contributed by atoms with Gasteiger partial charge in [0.05, 0.1) is 11.2 Å². The van der Waals surface area contributed by atoms with Crippen molar-refractivity contribution < 1.29 is 9.15 Å². The van der Waals surface area contributed by atoms with Gasteiger partial charge in [-0.05, 0) is 18.2 Å². The van der Waals surface area contributed by atoms with Crippen LogP contribution in [0, 0.1) is 6.92 Å². The van der Waals surface area contributed by atoms with E-state index in [0.29, 0.717) is 34.7 Å². The van der Waals surface area contributed by atoms with Crippen LogP contribution in [0.25, 0.3) is 0 Å². The average Bonchev–Trinajstić information content (AvgIpc) is 2.63. The predicted octanol–water partition coefficient (Wildman–Crippen LogP) is 2.80. The van der Waals surface area contributed by atoms with Crippen molar-refractivity contribution in [1.29, 1.82) is 0 Å². The minimum atomic E-state index is 0.296. The van der Waals surface area contributed by atoms with E-state index in [1.807, 2.05) is 0 Å². The first-order valence-electron chi connectivity index (χ1n) is 4.74. The summed E-state index contributed by atoms with van der Waals surface area (Å²) < 4.78 is 10.7. The second-order valence-electron chi connectivity index (χ2n) is 3.32. The number of hydrogen-bond acceptors (Lipinski definition) is 4. The summed E-state index contributed by atoms with van der Waals surface area (Å²) in [5, 5.41) is 0.483. The molecule has 1 aromatic heterocycles. The minimum absolute atomic E-state index is 0.296. The fourth-order valence-electron chi connectivity index (χ4n) is 1.26. The third kappa shape index (κ3) is 2.46. The lowest BCUT2D eigenvalue weighted by Gasteiger charge is -2.06. The van der Waals surface area contributed by atoms with Crippen LogP contribution in [0.2, 0.25) is 5.02 Å². The number of anilines is 1. The van der Waals surface area contributed by atoms with Crippen molar-refractivity contribution in [2.75, 3.05) is 5.73 Å². The number of nitrogens with two attached hydrogens (primary N) is 1. The zero-order valence-corrected chi connectivity index (χ0v) is 9.49. The van der Waals surface area contributed by atoms with Crippen LogP contribution in [0.1, 0.15) is 11.7 Å². The molecule has 0 bridgehead atoms. The first-order valence-corrected chi connectivity index (χ1v) is 5.12. The third-order valence-electron chi connectivity index (χ3n) is 2.00. The summed E-state index contributed by atoms with van der Waals surface area (Å²) in [6, 6.07) is 5.09. The van der Waals surface area contributed by atoms with Crippen molar-refractivity contribution in [2.24, 2.45) is 0 Å². The summed E-state index contributed by atoms with van der Waals surface area (Å²) in [6.07, 6.45) is 1.63. The summed E-state index contributed by atoms with van der Waals surface area (Å²) in [5.41, 5.74) is 6.17. The molecule has 16 heavy (non-hydrogen) atoms. The molecule has 0 spiro atoms. The Kier molecular flexibility index (Phi) is 3.01. The van der Waals surface area contributed by atoms with Crippen LogP contribution in [0.4, 0.5) is 5.69 Å². The van der Waals surface area contributed by atoms with Crippen LogP contribution < -0.4 is 10.5 Å².